The summed E-state index contributed by atoms with van der Waals surface area (Å²) >= 11 is 0. The highest BCUT2D eigenvalue weighted by atomic mass is 19.1. The van der Waals surface area contributed by atoms with E-state index in [0.29, 0.717) is 31.9 Å². The lowest BCUT2D eigenvalue weighted by Crippen LogP contribution is -2.43. The topological polar surface area (TPSA) is 56.6 Å². The molecule has 24 heavy (non-hydrogen) atoms. The van der Waals surface area contributed by atoms with E-state index in [1.54, 1.807) is 10.6 Å². The van der Waals surface area contributed by atoms with Crippen LogP contribution in [0.25, 0.3) is 0 Å². The first-order valence-corrected chi connectivity index (χ1v) is 7.64. The van der Waals surface area contributed by atoms with E-state index in [4.69, 9.17) is 9.47 Å². The van der Waals surface area contributed by atoms with Crippen molar-refractivity contribution in [3.05, 3.63) is 51.9 Å². The lowest BCUT2D eigenvalue weighted by atomic mass is 10.2. The molecule has 2 aromatic rings. The van der Waals surface area contributed by atoms with Crippen LogP contribution in [0.3, 0.4) is 0 Å². The second-order valence-corrected chi connectivity index (χ2v) is 5.83. The molecule has 1 aromatic heterocycles. The highest BCUT2D eigenvalue weighted by Crippen LogP contribution is 2.28. The summed E-state index contributed by atoms with van der Waals surface area (Å²) in [4.78, 5) is 18.2. The summed E-state index contributed by atoms with van der Waals surface area (Å²) in [5.74, 6) is -0.467. The van der Waals surface area contributed by atoms with Gasteiger partial charge in [-0.1, -0.05) is 0 Å². The van der Waals surface area contributed by atoms with E-state index in [9.17, 15) is 13.6 Å². The molecule has 6 nitrogen and oxygen atoms in total. The molecule has 0 bridgehead atoms. The maximum Gasteiger partial charge on any atom is 0.352 e. The number of hydrogen-bond donors (Lipinski definition) is 0. The fourth-order valence-electron chi connectivity index (χ4n) is 3.13. The van der Waals surface area contributed by atoms with E-state index in [2.05, 4.69) is 9.88 Å². The summed E-state index contributed by atoms with van der Waals surface area (Å²) in [6.07, 6.45) is 0. The maximum absolute atomic E-state index is 13.2. The van der Waals surface area contributed by atoms with Crippen LogP contribution in [0, 0.1) is 11.6 Å². The zero-order valence-electron chi connectivity index (χ0n) is 12.7. The van der Waals surface area contributed by atoms with Crippen LogP contribution in [0.15, 0.2) is 29.1 Å². The highest BCUT2D eigenvalue weighted by molar-refractivity contribution is 5.47. The fraction of sp³-hybridized carbons (Fsp3) is 0.375. The lowest BCUT2D eigenvalue weighted by Gasteiger charge is -2.30. The van der Waals surface area contributed by atoms with Crippen LogP contribution in [-0.2, 0) is 17.9 Å². The Morgan fingerprint density at radius 2 is 2.04 bits per heavy atom. The molecule has 0 amide bonds. The quantitative estimate of drug-likeness (QED) is 0.847. The average molecular weight is 335 g/mol. The van der Waals surface area contributed by atoms with Gasteiger partial charge in [-0.3, -0.25) is 4.57 Å². The van der Waals surface area contributed by atoms with Gasteiger partial charge in [0.15, 0.2) is 0 Å². The number of halogens is 2. The first kappa shape index (κ1) is 15.1. The summed E-state index contributed by atoms with van der Waals surface area (Å²) in [7, 11) is 0. The fourth-order valence-corrected chi connectivity index (χ4v) is 3.13. The number of anilines is 1. The predicted molar refractivity (Wildman–Crippen MR) is 81.1 cm³/mol. The molecule has 126 valence electrons. The Bertz CT molecular complexity index is 820. The van der Waals surface area contributed by atoms with Crippen molar-refractivity contribution < 1.29 is 18.3 Å². The number of benzene rings is 1. The Labute approximate surface area is 136 Å². The second-order valence-electron chi connectivity index (χ2n) is 5.83. The van der Waals surface area contributed by atoms with Crippen LogP contribution in [0.1, 0.15) is 5.56 Å². The van der Waals surface area contributed by atoms with Gasteiger partial charge in [-0.15, -0.1) is 0 Å². The molecular weight excluding hydrogens is 320 g/mol. The Balaban J connectivity index is 1.57. The Morgan fingerprint density at radius 1 is 1.25 bits per heavy atom. The SMILES string of the molecule is O=c1nc(OCc2cc(F)cc(F)c2)cc2n1C[C@H]1COCCN21. The van der Waals surface area contributed by atoms with Gasteiger partial charge in [0.05, 0.1) is 25.8 Å². The van der Waals surface area contributed by atoms with Crippen LogP contribution >= 0.6 is 0 Å². The van der Waals surface area contributed by atoms with Crippen molar-refractivity contribution in [2.75, 3.05) is 24.7 Å². The van der Waals surface area contributed by atoms with Gasteiger partial charge in [-0.05, 0) is 17.7 Å². The molecule has 0 N–H and O–H groups in total. The number of aromatic nitrogens is 2. The van der Waals surface area contributed by atoms with Gasteiger partial charge in [0.2, 0.25) is 5.88 Å². The van der Waals surface area contributed by atoms with Gasteiger partial charge < -0.3 is 14.4 Å². The summed E-state index contributed by atoms with van der Waals surface area (Å²) < 4.78 is 38.9. The molecule has 1 atom stereocenters. The first-order chi connectivity index (χ1) is 11.6. The van der Waals surface area contributed by atoms with Gasteiger partial charge in [0.1, 0.15) is 24.1 Å². The van der Waals surface area contributed by atoms with E-state index < -0.39 is 17.3 Å². The van der Waals surface area contributed by atoms with Crippen LogP contribution < -0.4 is 15.3 Å². The zero-order valence-corrected chi connectivity index (χ0v) is 12.7. The normalized spacial score (nSPS) is 19.1. The van der Waals surface area contributed by atoms with Crippen molar-refractivity contribution in [1.82, 2.24) is 9.55 Å². The van der Waals surface area contributed by atoms with Crippen molar-refractivity contribution in [1.29, 1.82) is 0 Å². The molecule has 0 saturated carbocycles. The molecule has 0 aliphatic carbocycles. The summed E-state index contributed by atoms with van der Waals surface area (Å²) in [5, 5.41) is 0. The third-order valence-corrected chi connectivity index (χ3v) is 4.19. The van der Waals surface area contributed by atoms with E-state index >= 15 is 0 Å². The van der Waals surface area contributed by atoms with Crippen molar-refractivity contribution in [2.45, 2.75) is 19.2 Å². The number of hydrogen-bond acceptors (Lipinski definition) is 5. The number of nitrogens with zero attached hydrogens (tertiary/aromatic N) is 3. The average Bonchev–Trinajstić information content (AvgIpc) is 2.92. The van der Waals surface area contributed by atoms with E-state index in [0.717, 1.165) is 11.9 Å². The number of ether oxygens (including phenoxy) is 2. The summed E-state index contributed by atoms with van der Waals surface area (Å²) in [6.45, 7) is 2.34. The Hall–Kier alpha value is -2.48. The minimum Gasteiger partial charge on any atom is -0.473 e. The minimum atomic E-state index is -0.674. The number of rotatable bonds is 3. The molecule has 1 fully saturated rings. The lowest BCUT2D eigenvalue weighted by molar-refractivity contribution is 0.0956. The van der Waals surface area contributed by atoms with Crippen LogP contribution in [0.4, 0.5) is 14.6 Å². The van der Waals surface area contributed by atoms with Crippen LogP contribution in [0.5, 0.6) is 5.88 Å². The van der Waals surface area contributed by atoms with Gasteiger partial charge in [0.25, 0.3) is 0 Å². The maximum atomic E-state index is 13.2. The molecule has 2 aliphatic rings. The van der Waals surface area contributed by atoms with Crippen molar-refractivity contribution in [2.24, 2.45) is 0 Å². The van der Waals surface area contributed by atoms with Gasteiger partial charge in [-0.2, -0.15) is 4.98 Å². The van der Waals surface area contributed by atoms with Crippen molar-refractivity contribution >= 4 is 5.82 Å². The van der Waals surface area contributed by atoms with Crippen molar-refractivity contribution in [3.8, 4) is 5.88 Å². The van der Waals surface area contributed by atoms with E-state index in [1.165, 1.54) is 12.1 Å². The molecule has 3 heterocycles. The summed E-state index contributed by atoms with van der Waals surface area (Å²) in [5.41, 5.74) is -0.0681. The van der Waals surface area contributed by atoms with E-state index in [-0.39, 0.29) is 18.5 Å². The van der Waals surface area contributed by atoms with Gasteiger partial charge in [0, 0.05) is 18.7 Å². The largest absolute Gasteiger partial charge is 0.473 e. The molecule has 0 radical (unpaired) electrons. The van der Waals surface area contributed by atoms with Gasteiger partial charge >= 0.3 is 5.69 Å². The highest BCUT2D eigenvalue weighted by Gasteiger charge is 2.33. The molecule has 8 heteroatoms. The molecule has 1 saturated heterocycles. The molecular formula is C16H15F2N3O3. The molecule has 0 spiro atoms. The van der Waals surface area contributed by atoms with Crippen LogP contribution in [0.2, 0.25) is 0 Å². The monoisotopic (exact) mass is 335 g/mol. The number of fused-ring (bicyclic) bond motifs is 3. The Kier molecular flexibility index (Phi) is 3.68. The minimum absolute atomic E-state index is 0.0723. The second kappa shape index (κ2) is 5.86. The molecule has 4 rings (SSSR count). The van der Waals surface area contributed by atoms with Crippen molar-refractivity contribution in [3.63, 3.8) is 0 Å². The molecule has 0 unspecified atom stereocenters. The number of morpholine rings is 1. The molecule has 1 aromatic carbocycles. The predicted octanol–water partition coefficient (Wildman–Crippen LogP) is 1.32. The smallest absolute Gasteiger partial charge is 0.352 e. The van der Waals surface area contributed by atoms with Crippen LogP contribution in [-0.4, -0.2) is 35.4 Å². The third kappa shape index (κ3) is 2.73. The van der Waals surface area contributed by atoms with Gasteiger partial charge in [-0.25, -0.2) is 13.6 Å². The zero-order chi connectivity index (χ0) is 16.7. The third-order valence-electron chi connectivity index (χ3n) is 4.19. The van der Waals surface area contributed by atoms with E-state index in [1.807, 2.05) is 0 Å². The summed E-state index contributed by atoms with van der Waals surface area (Å²) in [6, 6.07) is 4.97. The molecule has 2 aliphatic heterocycles. The first-order valence-electron chi connectivity index (χ1n) is 7.64. The standard InChI is InChI=1S/C16H15F2N3O3/c17-11-3-10(4-12(18)5-11)8-24-14-6-15-20-1-2-23-9-13(20)7-21(15)16(22)19-14/h3-6,13H,1-2,7-9H2/t13-/m0/s1. The Morgan fingerprint density at radius 3 is 2.83 bits per heavy atom.